The highest BCUT2D eigenvalue weighted by atomic mass is 35.5. The standard InChI is InChI=1S/C13H8ClF3N2O2/c14-9-4-8(15)5-10(16)13(9)18-6-7-2-1-3-11(12(7)17)19(20)21/h1-5,18H,6H2. The molecule has 4 nitrogen and oxygen atoms in total. The van der Waals surface area contributed by atoms with Crippen LogP contribution in [0.2, 0.25) is 5.02 Å². The molecule has 0 unspecified atom stereocenters. The molecule has 0 spiro atoms. The molecule has 0 fully saturated rings. The zero-order valence-electron chi connectivity index (χ0n) is 10.4. The van der Waals surface area contributed by atoms with Crippen LogP contribution in [0.4, 0.5) is 24.5 Å². The summed E-state index contributed by atoms with van der Waals surface area (Å²) in [5.74, 6) is -2.80. The summed E-state index contributed by atoms with van der Waals surface area (Å²) in [5, 5.41) is 12.9. The Hall–Kier alpha value is -2.28. The maximum Gasteiger partial charge on any atom is 0.305 e. The largest absolute Gasteiger partial charge is 0.377 e. The van der Waals surface area contributed by atoms with Crippen molar-refractivity contribution in [2.45, 2.75) is 6.54 Å². The van der Waals surface area contributed by atoms with Gasteiger partial charge in [-0.15, -0.1) is 0 Å². The zero-order valence-corrected chi connectivity index (χ0v) is 11.1. The van der Waals surface area contributed by atoms with Gasteiger partial charge in [0, 0.05) is 24.2 Å². The topological polar surface area (TPSA) is 55.2 Å². The summed E-state index contributed by atoms with van der Waals surface area (Å²) in [5.41, 5.74) is -0.923. The summed E-state index contributed by atoms with van der Waals surface area (Å²) in [4.78, 5) is 9.76. The third-order valence-electron chi connectivity index (χ3n) is 2.72. The Morgan fingerprint density at radius 1 is 1.24 bits per heavy atom. The van der Waals surface area contributed by atoms with E-state index in [9.17, 15) is 23.3 Å². The van der Waals surface area contributed by atoms with Gasteiger partial charge in [-0.05, 0) is 6.07 Å². The first-order valence-electron chi connectivity index (χ1n) is 5.70. The average molecular weight is 317 g/mol. The fraction of sp³-hybridized carbons (Fsp3) is 0.0769. The minimum absolute atomic E-state index is 0.0380. The molecule has 0 aliphatic carbocycles. The molecule has 0 saturated heterocycles. The van der Waals surface area contributed by atoms with Crippen LogP contribution in [-0.2, 0) is 6.54 Å². The number of hydrogen-bond acceptors (Lipinski definition) is 3. The number of nitrogens with one attached hydrogen (secondary N) is 1. The van der Waals surface area contributed by atoms with Crippen LogP contribution in [0.25, 0.3) is 0 Å². The third kappa shape index (κ3) is 3.25. The first-order chi connectivity index (χ1) is 9.90. The van der Waals surface area contributed by atoms with Crippen molar-refractivity contribution >= 4 is 23.0 Å². The molecule has 0 amide bonds. The van der Waals surface area contributed by atoms with Crippen molar-refractivity contribution in [3.8, 4) is 0 Å². The number of benzene rings is 2. The van der Waals surface area contributed by atoms with Gasteiger partial charge < -0.3 is 5.32 Å². The van der Waals surface area contributed by atoms with E-state index in [1.807, 2.05) is 0 Å². The second kappa shape index (κ2) is 6.01. The maximum absolute atomic E-state index is 13.8. The number of hydrogen-bond donors (Lipinski definition) is 1. The molecule has 0 heterocycles. The Bertz CT molecular complexity index is 687. The number of nitrogens with zero attached hydrogens (tertiary/aromatic N) is 1. The van der Waals surface area contributed by atoms with E-state index in [4.69, 9.17) is 11.6 Å². The van der Waals surface area contributed by atoms with Gasteiger partial charge in [-0.1, -0.05) is 23.7 Å². The van der Waals surface area contributed by atoms with Crippen molar-refractivity contribution in [3.05, 3.63) is 68.5 Å². The first kappa shape index (κ1) is 15.1. The van der Waals surface area contributed by atoms with Gasteiger partial charge in [-0.3, -0.25) is 10.1 Å². The van der Waals surface area contributed by atoms with Crippen LogP contribution in [0.1, 0.15) is 5.56 Å². The predicted octanol–water partition coefficient (Wildman–Crippen LogP) is 4.28. The van der Waals surface area contributed by atoms with E-state index in [1.165, 1.54) is 12.1 Å². The maximum atomic E-state index is 13.8. The molecule has 1 N–H and O–H groups in total. The van der Waals surface area contributed by atoms with Crippen molar-refractivity contribution in [3.63, 3.8) is 0 Å². The number of nitro benzene ring substituents is 1. The van der Waals surface area contributed by atoms with Gasteiger partial charge in [0.25, 0.3) is 0 Å². The lowest BCUT2D eigenvalue weighted by atomic mass is 10.1. The molecule has 21 heavy (non-hydrogen) atoms. The van der Waals surface area contributed by atoms with Gasteiger partial charge in [0.1, 0.15) is 5.82 Å². The number of anilines is 1. The molecule has 8 heteroatoms. The van der Waals surface area contributed by atoms with Crippen molar-refractivity contribution in [2.75, 3.05) is 5.32 Å². The average Bonchev–Trinajstić information content (AvgIpc) is 2.38. The van der Waals surface area contributed by atoms with Crippen molar-refractivity contribution in [1.82, 2.24) is 0 Å². The fourth-order valence-corrected chi connectivity index (χ4v) is 2.00. The van der Waals surface area contributed by atoms with Crippen LogP contribution in [0.15, 0.2) is 30.3 Å². The van der Waals surface area contributed by atoms with Crippen LogP contribution in [0.3, 0.4) is 0 Å². The highest BCUT2D eigenvalue weighted by Gasteiger charge is 2.17. The fourth-order valence-electron chi connectivity index (χ4n) is 1.74. The molecule has 110 valence electrons. The Balaban J connectivity index is 2.25. The lowest BCUT2D eigenvalue weighted by Gasteiger charge is -2.10. The first-order valence-corrected chi connectivity index (χ1v) is 6.08. The monoisotopic (exact) mass is 316 g/mol. The molecule has 2 aromatic rings. The van der Waals surface area contributed by atoms with E-state index in [0.29, 0.717) is 6.07 Å². The van der Waals surface area contributed by atoms with Crippen LogP contribution >= 0.6 is 11.6 Å². The molecule has 0 atom stereocenters. The third-order valence-corrected chi connectivity index (χ3v) is 3.02. The lowest BCUT2D eigenvalue weighted by Crippen LogP contribution is -2.06. The van der Waals surface area contributed by atoms with Gasteiger partial charge in [-0.25, -0.2) is 8.78 Å². The summed E-state index contributed by atoms with van der Waals surface area (Å²) >= 11 is 5.68. The molecule has 0 radical (unpaired) electrons. The van der Waals surface area contributed by atoms with Crippen LogP contribution < -0.4 is 5.32 Å². The van der Waals surface area contributed by atoms with Crippen LogP contribution in [0.5, 0.6) is 0 Å². The number of nitro groups is 1. The van der Waals surface area contributed by atoms with Crippen LogP contribution in [0, 0.1) is 27.6 Å². The molecule has 0 aliphatic rings. The van der Waals surface area contributed by atoms with Gasteiger partial charge in [0.2, 0.25) is 5.82 Å². The molecular weight excluding hydrogens is 309 g/mol. The van der Waals surface area contributed by atoms with E-state index in [2.05, 4.69) is 5.32 Å². The van der Waals surface area contributed by atoms with Crippen molar-refractivity contribution in [1.29, 1.82) is 0 Å². The molecule has 0 aliphatic heterocycles. The van der Waals surface area contributed by atoms with E-state index in [-0.39, 0.29) is 22.8 Å². The minimum Gasteiger partial charge on any atom is -0.377 e. The van der Waals surface area contributed by atoms with Crippen molar-refractivity contribution < 1.29 is 18.1 Å². The van der Waals surface area contributed by atoms with Gasteiger partial charge in [-0.2, -0.15) is 4.39 Å². The van der Waals surface area contributed by atoms with Gasteiger partial charge in [0.15, 0.2) is 5.82 Å². The predicted molar refractivity (Wildman–Crippen MR) is 71.7 cm³/mol. The van der Waals surface area contributed by atoms with E-state index < -0.39 is 28.1 Å². The quantitative estimate of drug-likeness (QED) is 0.676. The molecule has 2 aromatic carbocycles. The SMILES string of the molecule is O=[N+]([O-])c1cccc(CNc2c(F)cc(F)cc2Cl)c1F. The molecule has 0 bridgehead atoms. The highest BCUT2D eigenvalue weighted by molar-refractivity contribution is 6.33. The second-order valence-electron chi connectivity index (χ2n) is 4.11. The number of rotatable bonds is 4. The molecule has 0 saturated carbocycles. The lowest BCUT2D eigenvalue weighted by molar-refractivity contribution is -0.387. The van der Waals surface area contributed by atoms with Crippen LogP contribution in [-0.4, -0.2) is 4.92 Å². The van der Waals surface area contributed by atoms with Gasteiger partial charge >= 0.3 is 5.69 Å². The van der Waals surface area contributed by atoms with Gasteiger partial charge in [0.05, 0.1) is 15.6 Å². The Morgan fingerprint density at radius 3 is 2.57 bits per heavy atom. The summed E-state index contributed by atoms with van der Waals surface area (Å²) in [6.07, 6.45) is 0. The molecular formula is C13H8ClF3N2O2. The van der Waals surface area contributed by atoms with E-state index in [1.54, 1.807) is 0 Å². The Labute approximate surface area is 122 Å². The Kier molecular flexibility index (Phi) is 4.32. The second-order valence-corrected chi connectivity index (χ2v) is 4.51. The van der Waals surface area contributed by atoms with Crippen molar-refractivity contribution in [2.24, 2.45) is 0 Å². The normalized spacial score (nSPS) is 10.5. The minimum atomic E-state index is -1.02. The molecule has 0 aromatic heterocycles. The smallest absolute Gasteiger partial charge is 0.305 e. The molecule has 2 rings (SSSR count). The zero-order chi connectivity index (χ0) is 15.6. The summed E-state index contributed by atoms with van der Waals surface area (Å²) in [7, 11) is 0. The van der Waals surface area contributed by atoms with E-state index >= 15 is 0 Å². The highest BCUT2D eigenvalue weighted by Crippen LogP contribution is 2.28. The number of halogens is 4. The summed E-state index contributed by atoms with van der Waals surface area (Å²) in [6.45, 7) is -0.240. The van der Waals surface area contributed by atoms with E-state index in [0.717, 1.165) is 12.1 Å². The summed E-state index contributed by atoms with van der Waals surface area (Å²) < 4.78 is 40.2. The Morgan fingerprint density at radius 2 is 1.95 bits per heavy atom. The summed E-state index contributed by atoms with van der Waals surface area (Å²) in [6, 6.07) is 5.16.